The Morgan fingerprint density at radius 3 is 2.74 bits per heavy atom. The lowest BCUT2D eigenvalue weighted by Crippen LogP contribution is -2.57. The van der Waals surface area contributed by atoms with Crippen molar-refractivity contribution >= 4 is 11.8 Å². The van der Waals surface area contributed by atoms with Crippen LogP contribution in [0.4, 0.5) is 0 Å². The highest BCUT2D eigenvalue weighted by atomic mass is 16.2. The second-order valence-electron chi connectivity index (χ2n) is 7.31. The molecule has 1 aromatic carbocycles. The fourth-order valence-corrected chi connectivity index (χ4v) is 3.62. The molecule has 0 bridgehead atoms. The van der Waals surface area contributed by atoms with Crippen molar-refractivity contribution in [2.24, 2.45) is 0 Å². The molecule has 2 amide bonds. The Bertz CT molecular complexity index is 842. The van der Waals surface area contributed by atoms with Crippen LogP contribution >= 0.6 is 0 Å². The van der Waals surface area contributed by atoms with E-state index in [-0.39, 0.29) is 11.8 Å². The molecule has 27 heavy (non-hydrogen) atoms. The number of rotatable bonds is 5. The average Bonchev–Trinajstić information content (AvgIpc) is 2.99. The smallest absolute Gasteiger partial charge is 0.258 e. The molecule has 2 heterocycles. The van der Waals surface area contributed by atoms with Crippen molar-refractivity contribution < 1.29 is 9.59 Å². The van der Waals surface area contributed by atoms with Crippen molar-refractivity contribution in [2.45, 2.75) is 53.2 Å². The molecule has 0 aliphatic carbocycles. The Kier molecular flexibility index (Phi) is 5.63. The van der Waals surface area contributed by atoms with Crippen LogP contribution in [0, 0.1) is 13.8 Å². The summed E-state index contributed by atoms with van der Waals surface area (Å²) in [4.78, 5) is 29.4. The number of carbonyl (C=O) groups excluding carboxylic acids is 2. The normalized spacial score (nSPS) is 17.5. The van der Waals surface area contributed by atoms with Gasteiger partial charge in [0.05, 0.1) is 11.3 Å². The molecule has 6 heteroatoms. The Morgan fingerprint density at radius 2 is 2.04 bits per heavy atom. The number of amides is 2. The van der Waals surface area contributed by atoms with Crippen LogP contribution in [0.1, 0.15) is 47.4 Å². The maximum Gasteiger partial charge on any atom is 0.258 e. The van der Waals surface area contributed by atoms with E-state index in [0.29, 0.717) is 25.2 Å². The van der Waals surface area contributed by atoms with Gasteiger partial charge in [0.15, 0.2) is 0 Å². The van der Waals surface area contributed by atoms with E-state index in [1.807, 2.05) is 48.6 Å². The molecule has 1 saturated heterocycles. The first-order valence-corrected chi connectivity index (χ1v) is 9.60. The zero-order chi connectivity index (χ0) is 19.6. The summed E-state index contributed by atoms with van der Waals surface area (Å²) in [5.41, 5.74) is 3.61. The highest BCUT2D eigenvalue weighted by Crippen LogP contribution is 2.19. The maximum atomic E-state index is 13.0. The van der Waals surface area contributed by atoms with Gasteiger partial charge < -0.3 is 9.80 Å². The fraction of sp³-hybridized carbons (Fsp3) is 0.476. The largest absolute Gasteiger partial charge is 0.335 e. The Balaban J connectivity index is 1.71. The molecule has 1 aliphatic rings. The zero-order valence-corrected chi connectivity index (χ0v) is 16.6. The van der Waals surface area contributed by atoms with Gasteiger partial charge in [0.1, 0.15) is 6.04 Å². The van der Waals surface area contributed by atoms with Crippen LogP contribution in [0.15, 0.2) is 30.5 Å². The first-order chi connectivity index (χ1) is 12.9. The maximum absolute atomic E-state index is 13.0. The minimum absolute atomic E-state index is 0.00490. The fourth-order valence-electron chi connectivity index (χ4n) is 3.62. The Labute approximate surface area is 160 Å². The monoisotopic (exact) mass is 368 g/mol. The summed E-state index contributed by atoms with van der Waals surface area (Å²) in [5.74, 6) is -0.111. The van der Waals surface area contributed by atoms with Crippen molar-refractivity contribution in [2.75, 3.05) is 13.1 Å². The minimum atomic E-state index is -0.468. The molecule has 6 nitrogen and oxygen atoms in total. The van der Waals surface area contributed by atoms with Crippen LogP contribution in [-0.2, 0) is 17.9 Å². The molecule has 1 aliphatic heterocycles. The van der Waals surface area contributed by atoms with Gasteiger partial charge in [0.2, 0.25) is 5.91 Å². The van der Waals surface area contributed by atoms with E-state index in [9.17, 15) is 9.59 Å². The van der Waals surface area contributed by atoms with Gasteiger partial charge in [-0.25, -0.2) is 0 Å². The second-order valence-corrected chi connectivity index (χ2v) is 7.31. The standard InChI is InChI=1S/C21H28N4O2/c1-5-9-24-14-19(16(3)22-24)21(27)25-11-10-23(20(26)17(25)4)13-18-8-6-7-15(2)12-18/h6-8,12,14,17H,5,9-11,13H2,1-4H3/t17-/m1/s1. The minimum Gasteiger partial charge on any atom is -0.335 e. The third-order valence-corrected chi connectivity index (χ3v) is 5.09. The van der Waals surface area contributed by atoms with Gasteiger partial charge in [-0.3, -0.25) is 14.3 Å². The SMILES string of the molecule is CCCn1cc(C(=O)N2CCN(Cc3cccc(C)c3)C(=O)[C@H]2C)c(C)n1. The van der Waals surface area contributed by atoms with Crippen molar-refractivity contribution in [3.05, 3.63) is 52.8 Å². The summed E-state index contributed by atoms with van der Waals surface area (Å²) in [5, 5.41) is 4.41. The third kappa shape index (κ3) is 4.04. The molecule has 0 saturated carbocycles. The number of nitrogens with zero attached hydrogens (tertiary/aromatic N) is 4. The lowest BCUT2D eigenvalue weighted by Gasteiger charge is -2.39. The Morgan fingerprint density at radius 1 is 1.26 bits per heavy atom. The third-order valence-electron chi connectivity index (χ3n) is 5.09. The second kappa shape index (κ2) is 7.94. The Hall–Kier alpha value is -2.63. The summed E-state index contributed by atoms with van der Waals surface area (Å²) in [6.45, 7) is 10.2. The van der Waals surface area contributed by atoms with E-state index in [1.54, 1.807) is 11.1 Å². The molecule has 0 unspecified atom stereocenters. The first-order valence-electron chi connectivity index (χ1n) is 9.60. The van der Waals surface area contributed by atoms with E-state index in [0.717, 1.165) is 24.2 Å². The van der Waals surface area contributed by atoms with Gasteiger partial charge in [0, 0.05) is 32.4 Å². The van der Waals surface area contributed by atoms with Gasteiger partial charge in [-0.15, -0.1) is 0 Å². The lowest BCUT2D eigenvalue weighted by atomic mass is 10.1. The zero-order valence-electron chi connectivity index (χ0n) is 16.6. The van der Waals surface area contributed by atoms with Crippen LogP contribution < -0.4 is 0 Å². The molecule has 1 atom stereocenters. The summed E-state index contributed by atoms with van der Waals surface area (Å²) in [6.07, 6.45) is 2.76. The number of piperazine rings is 1. The van der Waals surface area contributed by atoms with Gasteiger partial charge in [-0.05, 0) is 32.8 Å². The van der Waals surface area contributed by atoms with Crippen LogP contribution in [-0.4, -0.2) is 50.5 Å². The average molecular weight is 368 g/mol. The van der Waals surface area contributed by atoms with Crippen LogP contribution in [0.5, 0.6) is 0 Å². The first kappa shape index (κ1) is 19.1. The lowest BCUT2D eigenvalue weighted by molar-refractivity contribution is -0.140. The molecule has 3 rings (SSSR count). The van der Waals surface area contributed by atoms with Gasteiger partial charge in [0.25, 0.3) is 5.91 Å². The van der Waals surface area contributed by atoms with Crippen molar-refractivity contribution in [3.8, 4) is 0 Å². The van der Waals surface area contributed by atoms with Gasteiger partial charge in [-0.1, -0.05) is 36.8 Å². The summed E-state index contributed by atoms with van der Waals surface area (Å²) >= 11 is 0. The quantitative estimate of drug-likeness (QED) is 0.815. The number of hydrogen-bond acceptors (Lipinski definition) is 3. The molecule has 144 valence electrons. The molecular formula is C21H28N4O2. The van der Waals surface area contributed by atoms with Crippen LogP contribution in [0.25, 0.3) is 0 Å². The molecule has 1 fully saturated rings. The van der Waals surface area contributed by atoms with Gasteiger partial charge in [-0.2, -0.15) is 5.10 Å². The van der Waals surface area contributed by atoms with Crippen LogP contribution in [0.3, 0.4) is 0 Å². The van der Waals surface area contributed by atoms with Crippen LogP contribution in [0.2, 0.25) is 0 Å². The van der Waals surface area contributed by atoms with E-state index < -0.39 is 6.04 Å². The molecule has 1 aromatic heterocycles. The van der Waals surface area contributed by atoms with Gasteiger partial charge >= 0.3 is 0 Å². The van der Waals surface area contributed by atoms with Crippen molar-refractivity contribution in [1.82, 2.24) is 19.6 Å². The number of hydrogen-bond donors (Lipinski definition) is 0. The van der Waals surface area contributed by atoms with E-state index >= 15 is 0 Å². The summed E-state index contributed by atoms with van der Waals surface area (Å²) in [7, 11) is 0. The topological polar surface area (TPSA) is 58.4 Å². The number of aryl methyl sites for hydroxylation is 3. The van der Waals surface area contributed by atoms with E-state index in [1.165, 1.54) is 5.56 Å². The van der Waals surface area contributed by atoms with E-state index in [2.05, 4.69) is 18.1 Å². The molecule has 2 aromatic rings. The summed E-state index contributed by atoms with van der Waals surface area (Å²) < 4.78 is 1.81. The number of benzene rings is 1. The highest BCUT2D eigenvalue weighted by Gasteiger charge is 2.35. The predicted octanol–water partition coefficient (Wildman–Crippen LogP) is 2.78. The molecule has 0 spiro atoms. The summed E-state index contributed by atoms with van der Waals surface area (Å²) in [6, 6.07) is 7.72. The highest BCUT2D eigenvalue weighted by molar-refractivity contribution is 5.98. The molecular weight excluding hydrogens is 340 g/mol. The molecule has 0 N–H and O–H groups in total. The predicted molar refractivity (Wildman–Crippen MR) is 104 cm³/mol. The number of aromatic nitrogens is 2. The number of carbonyl (C=O) groups is 2. The van der Waals surface area contributed by atoms with E-state index in [4.69, 9.17) is 0 Å². The molecule has 0 radical (unpaired) electrons. The van der Waals surface area contributed by atoms with Crippen molar-refractivity contribution in [3.63, 3.8) is 0 Å². The van der Waals surface area contributed by atoms with Crippen molar-refractivity contribution in [1.29, 1.82) is 0 Å².